The Kier molecular flexibility index (Phi) is 6.60. The Morgan fingerprint density at radius 1 is 1.08 bits per heavy atom. The SMILES string of the molecule is CCO[PH](=O)C(C)(OCC)OCC. The fourth-order valence-electron chi connectivity index (χ4n) is 0.973. The highest BCUT2D eigenvalue weighted by Gasteiger charge is 2.33. The molecule has 0 aliphatic carbocycles. The van der Waals surface area contributed by atoms with Gasteiger partial charge in [0.15, 0.2) is 0 Å². The summed E-state index contributed by atoms with van der Waals surface area (Å²) in [6.45, 7) is 8.43. The predicted molar refractivity (Wildman–Crippen MR) is 52.3 cm³/mol. The largest absolute Gasteiger partial charge is 0.343 e. The van der Waals surface area contributed by atoms with Gasteiger partial charge in [-0.15, -0.1) is 0 Å². The summed E-state index contributed by atoms with van der Waals surface area (Å²) in [6.07, 6.45) is 0. The molecule has 0 aromatic rings. The molecule has 0 fully saturated rings. The third-order valence-corrected chi connectivity index (χ3v) is 3.07. The van der Waals surface area contributed by atoms with E-state index in [9.17, 15) is 4.57 Å². The number of ether oxygens (including phenoxy) is 2. The summed E-state index contributed by atoms with van der Waals surface area (Å²) in [5.41, 5.74) is -1.07. The van der Waals surface area contributed by atoms with E-state index in [1.807, 2.05) is 13.8 Å². The molecule has 0 radical (unpaired) electrons. The fourth-order valence-corrected chi connectivity index (χ4v) is 2.02. The lowest BCUT2D eigenvalue weighted by atomic mass is 10.7. The lowest BCUT2D eigenvalue weighted by Gasteiger charge is -2.27. The van der Waals surface area contributed by atoms with Crippen LogP contribution in [0.15, 0.2) is 0 Å². The zero-order chi connectivity index (χ0) is 10.3. The van der Waals surface area contributed by atoms with Crippen molar-refractivity contribution in [1.29, 1.82) is 0 Å². The minimum Gasteiger partial charge on any atom is -0.343 e. The van der Waals surface area contributed by atoms with Crippen LogP contribution in [-0.4, -0.2) is 25.3 Å². The van der Waals surface area contributed by atoms with E-state index in [0.717, 1.165) is 0 Å². The minimum absolute atomic E-state index is 0.410. The Morgan fingerprint density at radius 3 is 1.85 bits per heavy atom. The molecule has 13 heavy (non-hydrogen) atoms. The van der Waals surface area contributed by atoms with E-state index in [2.05, 4.69) is 0 Å². The highest BCUT2D eigenvalue weighted by atomic mass is 31.1. The van der Waals surface area contributed by atoms with Crippen LogP contribution < -0.4 is 0 Å². The van der Waals surface area contributed by atoms with Crippen molar-refractivity contribution in [1.82, 2.24) is 0 Å². The van der Waals surface area contributed by atoms with Crippen LogP contribution in [0.5, 0.6) is 0 Å². The van der Waals surface area contributed by atoms with Gasteiger partial charge in [-0.1, -0.05) is 0 Å². The van der Waals surface area contributed by atoms with E-state index in [-0.39, 0.29) is 0 Å². The molecule has 1 unspecified atom stereocenters. The van der Waals surface area contributed by atoms with Gasteiger partial charge in [0.25, 0.3) is 0 Å². The first-order valence-electron chi connectivity index (χ1n) is 4.55. The van der Waals surface area contributed by atoms with Crippen LogP contribution in [0.2, 0.25) is 0 Å². The predicted octanol–water partition coefficient (Wildman–Crippen LogP) is 2.24. The van der Waals surface area contributed by atoms with E-state index >= 15 is 0 Å². The first-order valence-corrected chi connectivity index (χ1v) is 5.87. The van der Waals surface area contributed by atoms with Gasteiger partial charge >= 0.3 is 0 Å². The molecule has 5 heteroatoms. The second-order valence-electron chi connectivity index (χ2n) is 2.53. The quantitative estimate of drug-likeness (QED) is 0.477. The monoisotopic (exact) mass is 210 g/mol. The molecule has 0 saturated heterocycles. The van der Waals surface area contributed by atoms with Crippen LogP contribution in [0.3, 0.4) is 0 Å². The van der Waals surface area contributed by atoms with Crippen LogP contribution in [0.1, 0.15) is 27.7 Å². The van der Waals surface area contributed by atoms with Gasteiger partial charge in [-0.3, -0.25) is 4.57 Å². The topological polar surface area (TPSA) is 44.8 Å². The fraction of sp³-hybridized carbons (Fsp3) is 1.00. The van der Waals surface area contributed by atoms with Crippen LogP contribution >= 0.6 is 8.03 Å². The Bertz CT molecular complexity index is 154. The average molecular weight is 210 g/mol. The van der Waals surface area contributed by atoms with Gasteiger partial charge in [0.2, 0.25) is 13.6 Å². The van der Waals surface area contributed by atoms with Gasteiger partial charge in [-0.2, -0.15) is 0 Å². The van der Waals surface area contributed by atoms with Crippen LogP contribution in [0.4, 0.5) is 0 Å². The summed E-state index contributed by atoms with van der Waals surface area (Å²) in [5.74, 6) is 0. The summed E-state index contributed by atoms with van der Waals surface area (Å²) in [5, 5.41) is 0. The van der Waals surface area contributed by atoms with Gasteiger partial charge in [-0.05, 0) is 27.7 Å². The lowest BCUT2D eigenvalue weighted by molar-refractivity contribution is -0.164. The van der Waals surface area contributed by atoms with Crippen molar-refractivity contribution >= 4 is 8.03 Å². The van der Waals surface area contributed by atoms with Gasteiger partial charge in [0.05, 0.1) is 6.61 Å². The second kappa shape index (κ2) is 6.55. The van der Waals surface area contributed by atoms with Crippen LogP contribution in [0, 0.1) is 0 Å². The Balaban J connectivity index is 4.27. The summed E-state index contributed by atoms with van der Waals surface area (Å²) < 4.78 is 27.1. The van der Waals surface area contributed by atoms with Gasteiger partial charge in [-0.25, -0.2) is 0 Å². The van der Waals surface area contributed by atoms with E-state index in [1.165, 1.54) is 0 Å². The van der Waals surface area contributed by atoms with E-state index in [1.54, 1.807) is 13.8 Å². The van der Waals surface area contributed by atoms with Crippen molar-refractivity contribution in [2.24, 2.45) is 0 Å². The highest BCUT2D eigenvalue weighted by molar-refractivity contribution is 7.40. The average Bonchev–Trinajstić information content (AvgIpc) is 2.05. The minimum atomic E-state index is -2.30. The lowest BCUT2D eigenvalue weighted by Crippen LogP contribution is -2.29. The second-order valence-corrected chi connectivity index (χ2v) is 4.30. The van der Waals surface area contributed by atoms with Crippen molar-refractivity contribution in [3.63, 3.8) is 0 Å². The third kappa shape index (κ3) is 4.23. The smallest absolute Gasteiger partial charge is 0.249 e. The standard InChI is InChI=1S/C8H19O4P/c1-5-10-8(4,11-6-2)13(9)12-7-3/h13H,5-7H2,1-4H3. The molecule has 80 valence electrons. The first-order chi connectivity index (χ1) is 6.10. The van der Waals surface area contributed by atoms with Gasteiger partial charge < -0.3 is 14.0 Å². The van der Waals surface area contributed by atoms with Crippen molar-refractivity contribution in [3.05, 3.63) is 0 Å². The zero-order valence-electron chi connectivity index (χ0n) is 8.75. The Morgan fingerprint density at radius 2 is 1.54 bits per heavy atom. The molecule has 0 aromatic heterocycles. The maximum Gasteiger partial charge on any atom is 0.249 e. The van der Waals surface area contributed by atoms with Crippen LogP contribution in [0.25, 0.3) is 0 Å². The molecule has 0 aliphatic rings. The molecule has 0 N–H and O–H groups in total. The molecule has 0 saturated carbocycles. The summed E-state index contributed by atoms with van der Waals surface area (Å²) in [7, 11) is -2.30. The van der Waals surface area contributed by atoms with E-state index in [0.29, 0.717) is 19.8 Å². The molecule has 0 spiro atoms. The highest BCUT2D eigenvalue weighted by Crippen LogP contribution is 2.41. The molecule has 0 rings (SSSR count). The van der Waals surface area contributed by atoms with Gasteiger partial charge in [0, 0.05) is 13.2 Å². The van der Waals surface area contributed by atoms with Crippen LogP contribution in [-0.2, 0) is 18.6 Å². The van der Waals surface area contributed by atoms with Crippen molar-refractivity contribution in [2.75, 3.05) is 19.8 Å². The molecular formula is C8H19O4P. The molecule has 0 bridgehead atoms. The third-order valence-electron chi connectivity index (χ3n) is 1.49. The van der Waals surface area contributed by atoms with Crippen molar-refractivity contribution < 1.29 is 18.6 Å². The Labute approximate surface area is 80.4 Å². The van der Waals surface area contributed by atoms with E-state index in [4.69, 9.17) is 14.0 Å². The maximum atomic E-state index is 11.6. The maximum absolute atomic E-state index is 11.6. The van der Waals surface area contributed by atoms with Crippen molar-refractivity contribution in [2.45, 2.75) is 33.2 Å². The molecular weight excluding hydrogens is 191 g/mol. The summed E-state index contributed by atoms with van der Waals surface area (Å²) in [4.78, 5) is 0. The van der Waals surface area contributed by atoms with Crippen molar-refractivity contribution in [3.8, 4) is 0 Å². The molecule has 0 heterocycles. The summed E-state index contributed by atoms with van der Waals surface area (Å²) in [6, 6.07) is 0. The van der Waals surface area contributed by atoms with E-state index < -0.39 is 13.6 Å². The molecule has 1 atom stereocenters. The molecule has 0 aliphatic heterocycles. The Hall–Kier alpha value is 0.110. The molecule has 4 nitrogen and oxygen atoms in total. The molecule has 0 aromatic carbocycles. The number of rotatable bonds is 7. The molecule has 0 amide bonds. The normalized spacial score (nSPS) is 14.5. The van der Waals surface area contributed by atoms with Gasteiger partial charge in [0.1, 0.15) is 0 Å². The zero-order valence-corrected chi connectivity index (χ0v) is 9.75. The number of hydrogen-bond donors (Lipinski definition) is 0. The summed E-state index contributed by atoms with van der Waals surface area (Å²) >= 11 is 0. The first kappa shape index (κ1) is 13.1. The number of hydrogen-bond acceptors (Lipinski definition) is 4.